The van der Waals surface area contributed by atoms with Gasteiger partial charge in [0.25, 0.3) is 5.91 Å². The number of amides is 1. The topological polar surface area (TPSA) is 86.5 Å². The molecule has 0 bridgehead atoms. The van der Waals surface area contributed by atoms with Crippen LogP contribution >= 0.6 is 15.9 Å². The van der Waals surface area contributed by atoms with Gasteiger partial charge in [0.1, 0.15) is 18.7 Å². The molecule has 0 aliphatic carbocycles. The van der Waals surface area contributed by atoms with E-state index in [0.29, 0.717) is 53.0 Å². The van der Waals surface area contributed by atoms with E-state index in [-0.39, 0.29) is 5.91 Å². The summed E-state index contributed by atoms with van der Waals surface area (Å²) in [6, 6.07) is 12.3. The number of halogens is 1. The zero-order valence-corrected chi connectivity index (χ0v) is 16.6. The minimum Gasteiger partial charge on any atom is -0.486 e. The Kier molecular flexibility index (Phi) is 4.40. The summed E-state index contributed by atoms with van der Waals surface area (Å²) in [6.07, 6.45) is 3.37. The van der Waals surface area contributed by atoms with Gasteiger partial charge in [0, 0.05) is 28.1 Å². The first-order valence-electron chi connectivity index (χ1n) is 8.88. The molecule has 0 atom stereocenters. The molecule has 1 aliphatic rings. The van der Waals surface area contributed by atoms with E-state index in [9.17, 15) is 4.79 Å². The van der Waals surface area contributed by atoms with Crippen molar-refractivity contribution in [1.29, 1.82) is 0 Å². The van der Waals surface area contributed by atoms with Gasteiger partial charge in [0.15, 0.2) is 17.1 Å². The lowest BCUT2D eigenvalue weighted by Gasteiger charge is -2.18. The summed E-state index contributed by atoms with van der Waals surface area (Å²) in [6.45, 7) is 0.977. The van der Waals surface area contributed by atoms with Crippen molar-refractivity contribution >= 4 is 38.6 Å². The molecule has 29 heavy (non-hydrogen) atoms. The molecule has 2 aromatic carbocycles. The molecule has 0 fully saturated rings. The minimum absolute atomic E-state index is 0.249. The van der Waals surface area contributed by atoms with Crippen molar-refractivity contribution in [2.75, 3.05) is 18.5 Å². The highest BCUT2D eigenvalue weighted by molar-refractivity contribution is 9.10. The average molecular weight is 452 g/mol. The summed E-state index contributed by atoms with van der Waals surface area (Å²) in [5.74, 6) is 1.43. The Bertz CT molecular complexity index is 1240. The van der Waals surface area contributed by atoms with Gasteiger partial charge in [-0.1, -0.05) is 0 Å². The predicted molar refractivity (Wildman–Crippen MR) is 110 cm³/mol. The van der Waals surface area contributed by atoms with Crippen molar-refractivity contribution in [3.63, 3.8) is 0 Å². The smallest absolute Gasteiger partial charge is 0.255 e. The van der Waals surface area contributed by atoms with Crippen molar-refractivity contribution < 1.29 is 18.7 Å². The molecule has 0 spiro atoms. The number of hydrogen-bond acceptors (Lipinski definition) is 6. The number of aromatic nitrogens is 2. The highest BCUT2D eigenvalue weighted by Gasteiger charge is 2.16. The first kappa shape index (κ1) is 17.7. The third kappa shape index (κ3) is 3.54. The number of pyridine rings is 1. The number of anilines is 1. The summed E-state index contributed by atoms with van der Waals surface area (Å²) >= 11 is 3.39. The third-order valence-electron chi connectivity index (χ3n) is 4.40. The van der Waals surface area contributed by atoms with Gasteiger partial charge in [-0.25, -0.2) is 4.98 Å². The van der Waals surface area contributed by atoms with Crippen molar-refractivity contribution in [2.45, 2.75) is 0 Å². The summed E-state index contributed by atoms with van der Waals surface area (Å²) in [5.41, 5.74) is 3.12. The number of benzene rings is 2. The van der Waals surface area contributed by atoms with Crippen LogP contribution in [0.1, 0.15) is 10.4 Å². The molecule has 0 saturated heterocycles. The zero-order valence-electron chi connectivity index (χ0n) is 15.0. The number of rotatable bonds is 3. The summed E-state index contributed by atoms with van der Waals surface area (Å²) in [4.78, 5) is 21.3. The number of hydrogen-bond donors (Lipinski definition) is 1. The normalized spacial score (nSPS) is 12.7. The highest BCUT2D eigenvalue weighted by atomic mass is 79.9. The molecule has 8 heteroatoms. The van der Waals surface area contributed by atoms with Gasteiger partial charge in [-0.3, -0.25) is 9.78 Å². The van der Waals surface area contributed by atoms with E-state index >= 15 is 0 Å². The van der Waals surface area contributed by atoms with Crippen LogP contribution in [0.5, 0.6) is 11.5 Å². The summed E-state index contributed by atoms with van der Waals surface area (Å²) < 4.78 is 17.7. The first-order chi connectivity index (χ1) is 14.2. The molecule has 1 amide bonds. The van der Waals surface area contributed by atoms with Crippen LogP contribution in [0, 0.1) is 0 Å². The number of nitrogens with one attached hydrogen (secondary N) is 1. The molecule has 144 valence electrons. The molecule has 7 nitrogen and oxygen atoms in total. The molecule has 0 radical (unpaired) electrons. The fraction of sp³-hybridized carbons (Fsp3) is 0.0952. The number of nitrogens with zero attached hydrogens (tertiary/aromatic N) is 2. The lowest BCUT2D eigenvalue weighted by molar-refractivity contribution is 0.102. The van der Waals surface area contributed by atoms with Crippen LogP contribution in [-0.2, 0) is 0 Å². The fourth-order valence-corrected chi connectivity index (χ4v) is 3.41. The van der Waals surface area contributed by atoms with E-state index in [1.165, 1.54) is 0 Å². The lowest BCUT2D eigenvalue weighted by Crippen LogP contribution is -2.17. The van der Waals surface area contributed by atoms with Crippen LogP contribution in [-0.4, -0.2) is 29.1 Å². The monoisotopic (exact) mass is 451 g/mol. The maximum Gasteiger partial charge on any atom is 0.255 e. The molecule has 2 aromatic heterocycles. The summed E-state index contributed by atoms with van der Waals surface area (Å²) in [5, 5.41) is 2.88. The highest BCUT2D eigenvalue weighted by Crippen LogP contribution is 2.31. The fourth-order valence-electron chi connectivity index (χ4n) is 3.05. The van der Waals surface area contributed by atoms with E-state index in [1.807, 2.05) is 6.07 Å². The van der Waals surface area contributed by atoms with Gasteiger partial charge in [0.2, 0.25) is 5.89 Å². The van der Waals surface area contributed by atoms with Crippen molar-refractivity contribution in [3.8, 4) is 23.0 Å². The lowest BCUT2D eigenvalue weighted by atomic mass is 10.1. The maximum absolute atomic E-state index is 12.6. The summed E-state index contributed by atoms with van der Waals surface area (Å²) in [7, 11) is 0. The van der Waals surface area contributed by atoms with Gasteiger partial charge in [-0.2, -0.15) is 0 Å². The molecule has 0 saturated carbocycles. The Balaban J connectivity index is 1.40. The van der Waals surface area contributed by atoms with E-state index < -0.39 is 0 Å². The molecule has 1 N–H and O–H groups in total. The van der Waals surface area contributed by atoms with E-state index in [2.05, 4.69) is 31.2 Å². The van der Waals surface area contributed by atoms with Crippen LogP contribution in [0.15, 0.2) is 63.7 Å². The quantitative estimate of drug-likeness (QED) is 0.486. The number of carbonyl (C=O) groups excluding carboxylic acids is 1. The standard InChI is InChI=1S/C21H14BrN3O4/c22-14-7-13(10-23-11-14)21-25-16-9-15(2-4-17(16)29-21)24-20(26)12-1-3-18-19(8-12)28-6-5-27-18/h1-4,7-11H,5-6H2,(H,24,26). The second kappa shape index (κ2) is 7.21. The second-order valence-corrected chi connectivity index (χ2v) is 7.32. The van der Waals surface area contributed by atoms with Crippen LogP contribution < -0.4 is 14.8 Å². The first-order valence-corrected chi connectivity index (χ1v) is 9.67. The molecule has 5 rings (SSSR count). The van der Waals surface area contributed by atoms with Gasteiger partial charge in [-0.15, -0.1) is 0 Å². The zero-order chi connectivity index (χ0) is 19.8. The Morgan fingerprint density at radius 2 is 1.86 bits per heavy atom. The second-order valence-electron chi connectivity index (χ2n) is 6.41. The molecular formula is C21H14BrN3O4. The third-order valence-corrected chi connectivity index (χ3v) is 4.84. The SMILES string of the molecule is O=C(Nc1ccc2oc(-c3cncc(Br)c3)nc2c1)c1ccc2c(c1)OCCO2. The number of carbonyl (C=O) groups is 1. The van der Waals surface area contributed by atoms with Crippen molar-refractivity contribution in [3.05, 3.63) is 64.9 Å². The van der Waals surface area contributed by atoms with Crippen LogP contribution in [0.3, 0.4) is 0 Å². The van der Waals surface area contributed by atoms with Gasteiger partial charge < -0.3 is 19.2 Å². The number of oxazole rings is 1. The maximum atomic E-state index is 12.6. The van der Waals surface area contributed by atoms with E-state index in [4.69, 9.17) is 13.9 Å². The predicted octanol–water partition coefficient (Wildman–Crippen LogP) is 4.68. The Morgan fingerprint density at radius 1 is 1.00 bits per heavy atom. The molecule has 0 unspecified atom stereocenters. The Hall–Kier alpha value is -3.39. The number of fused-ring (bicyclic) bond motifs is 2. The molecule has 4 aromatic rings. The van der Waals surface area contributed by atoms with Crippen molar-refractivity contribution in [2.24, 2.45) is 0 Å². The Labute approximate surface area is 173 Å². The van der Waals surface area contributed by atoms with Crippen molar-refractivity contribution in [1.82, 2.24) is 9.97 Å². The van der Waals surface area contributed by atoms with Crippen LogP contribution in [0.4, 0.5) is 5.69 Å². The van der Waals surface area contributed by atoms with Gasteiger partial charge in [-0.05, 0) is 58.4 Å². The molecule has 1 aliphatic heterocycles. The minimum atomic E-state index is -0.249. The average Bonchev–Trinajstić information content (AvgIpc) is 3.17. The molecular weight excluding hydrogens is 438 g/mol. The Morgan fingerprint density at radius 3 is 2.72 bits per heavy atom. The van der Waals surface area contributed by atoms with Gasteiger partial charge >= 0.3 is 0 Å². The van der Waals surface area contributed by atoms with E-state index in [0.717, 1.165) is 10.0 Å². The van der Waals surface area contributed by atoms with Crippen LogP contribution in [0.2, 0.25) is 0 Å². The number of ether oxygens (including phenoxy) is 2. The van der Waals surface area contributed by atoms with Gasteiger partial charge in [0.05, 0.1) is 5.56 Å². The van der Waals surface area contributed by atoms with E-state index in [1.54, 1.807) is 48.8 Å². The van der Waals surface area contributed by atoms with Crippen LogP contribution in [0.25, 0.3) is 22.6 Å². The largest absolute Gasteiger partial charge is 0.486 e. The molecule has 3 heterocycles.